The number of rotatable bonds is 3. The molecule has 1 aliphatic rings. The quantitative estimate of drug-likeness (QED) is 0.679. The Hall–Kier alpha value is -0.340. The summed E-state index contributed by atoms with van der Waals surface area (Å²) in [6, 6.07) is 0. The van der Waals surface area contributed by atoms with Crippen molar-refractivity contribution in [1.29, 1.82) is 0 Å². The van der Waals surface area contributed by atoms with Crippen molar-refractivity contribution in [3.05, 3.63) is 11.6 Å². The third-order valence-electron chi connectivity index (χ3n) is 2.69. The van der Waals surface area contributed by atoms with Crippen LogP contribution in [0.1, 0.15) is 26.7 Å². The van der Waals surface area contributed by atoms with Crippen LogP contribution in [0, 0.1) is 11.8 Å². The Morgan fingerprint density at radius 2 is 2.08 bits per heavy atom. The first-order chi connectivity index (χ1) is 6.24. The second-order valence-electron chi connectivity index (χ2n) is 4.05. The van der Waals surface area contributed by atoms with Gasteiger partial charge < -0.3 is 10.5 Å². The van der Waals surface area contributed by atoms with E-state index in [4.69, 9.17) is 10.5 Å². The van der Waals surface area contributed by atoms with Crippen molar-refractivity contribution in [3.8, 4) is 0 Å². The van der Waals surface area contributed by atoms with Gasteiger partial charge >= 0.3 is 0 Å². The van der Waals surface area contributed by atoms with E-state index in [-0.39, 0.29) is 0 Å². The molecule has 0 spiro atoms. The lowest BCUT2D eigenvalue weighted by Gasteiger charge is -2.21. The van der Waals surface area contributed by atoms with Gasteiger partial charge in [0.1, 0.15) is 0 Å². The molecule has 0 aromatic rings. The summed E-state index contributed by atoms with van der Waals surface area (Å²) in [5, 5.41) is 0. The Labute approximate surface area is 81.1 Å². The predicted octanol–water partition coefficient (Wildman–Crippen LogP) is 1.95. The molecule has 1 heterocycles. The Bertz CT molecular complexity index is 169. The van der Waals surface area contributed by atoms with Gasteiger partial charge in [-0.3, -0.25) is 0 Å². The molecule has 1 rings (SSSR count). The molecule has 1 fully saturated rings. The van der Waals surface area contributed by atoms with E-state index < -0.39 is 0 Å². The van der Waals surface area contributed by atoms with Crippen molar-refractivity contribution in [2.75, 3.05) is 19.8 Å². The van der Waals surface area contributed by atoms with E-state index in [0.717, 1.165) is 26.1 Å². The molecule has 0 aromatic heterocycles. The van der Waals surface area contributed by atoms with Crippen LogP contribution in [0.4, 0.5) is 0 Å². The Morgan fingerprint density at radius 1 is 1.46 bits per heavy atom. The van der Waals surface area contributed by atoms with E-state index in [1.165, 1.54) is 5.57 Å². The molecule has 1 aliphatic heterocycles. The highest BCUT2D eigenvalue weighted by molar-refractivity contribution is 5.08. The zero-order chi connectivity index (χ0) is 9.68. The van der Waals surface area contributed by atoms with Crippen molar-refractivity contribution >= 4 is 0 Å². The van der Waals surface area contributed by atoms with Gasteiger partial charge in [0, 0.05) is 19.8 Å². The van der Waals surface area contributed by atoms with Crippen LogP contribution in [0.5, 0.6) is 0 Å². The van der Waals surface area contributed by atoms with Gasteiger partial charge in [-0.25, -0.2) is 0 Å². The van der Waals surface area contributed by atoms with E-state index in [9.17, 15) is 0 Å². The van der Waals surface area contributed by atoms with Crippen molar-refractivity contribution in [2.24, 2.45) is 17.6 Å². The molecule has 0 aliphatic carbocycles. The maximum absolute atomic E-state index is 5.69. The number of nitrogens with two attached hydrogens (primary N) is 1. The lowest BCUT2D eigenvalue weighted by Crippen LogP contribution is -2.17. The maximum Gasteiger partial charge on any atom is 0.0471 e. The molecule has 0 radical (unpaired) electrons. The third-order valence-corrected chi connectivity index (χ3v) is 2.69. The normalized spacial score (nSPS) is 21.1. The molecule has 0 saturated carbocycles. The van der Waals surface area contributed by atoms with E-state index in [1.807, 2.05) is 0 Å². The van der Waals surface area contributed by atoms with Gasteiger partial charge in [0.2, 0.25) is 0 Å². The topological polar surface area (TPSA) is 35.2 Å². The first kappa shape index (κ1) is 10.7. The fourth-order valence-corrected chi connectivity index (χ4v) is 1.68. The molecular formula is C11H21NO. The largest absolute Gasteiger partial charge is 0.381 e. The lowest BCUT2D eigenvalue weighted by molar-refractivity contribution is 0.0782. The van der Waals surface area contributed by atoms with Gasteiger partial charge in [-0.2, -0.15) is 0 Å². The van der Waals surface area contributed by atoms with Crippen molar-refractivity contribution in [3.63, 3.8) is 0 Å². The van der Waals surface area contributed by atoms with E-state index >= 15 is 0 Å². The fourth-order valence-electron chi connectivity index (χ4n) is 1.68. The van der Waals surface area contributed by atoms with Crippen LogP contribution in [0.2, 0.25) is 0 Å². The molecule has 76 valence electrons. The van der Waals surface area contributed by atoms with E-state index in [0.29, 0.717) is 18.4 Å². The van der Waals surface area contributed by atoms with Crippen molar-refractivity contribution < 1.29 is 4.74 Å². The van der Waals surface area contributed by atoms with Crippen LogP contribution in [0.15, 0.2) is 11.6 Å². The molecule has 1 saturated heterocycles. The van der Waals surface area contributed by atoms with Gasteiger partial charge in [-0.1, -0.05) is 25.5 Å². The van der Waals surface area contributed by atoms with Crippen LogP contribution in [-0.4, -0.2) is 19.8 Å². The smallest absolute Gasteiger partial charge is 0.0471 e. The summed E-state index contributed by atoms with van der Waals surface area (Å²) < 4.78 is 5.31. The second-order valence-corrected chi connectivity index (χ2v) is 4.05. The summed E-state index contributed by atoms with van der Waals surface area (Å²) in [5.41, 5.74) is 7.09. The predicted molar refractivity (Wildman–Crippen MR) is 55.5 cm³/mol. The van der Waals surface area contributed by atoms with Gasteiger partial charge in [0.15, 0.2) is 0 Å². The number of hydrogen-bond acceptors (Lipinski definition) is 2. The minimum Gasteiger partial charge on any atom is -0.381 e. The summed E-state index contributed by atoms with van der Waals surface area (Å²) in [6.45, 7) is 6.94. The lowest BCUT2D eigenvalue weighted by atomic mass is 9.93. The van der Waals surface area contributed by atoms with Crippen molar-refractivity contribution in [2.45, 2.75) is 26.7 Å². The first-order valence-electron chi connectivity index (χ1n) is 5.22. The highest BCUT2D eigenvalue weighted by atomic mass is 16.5. The average Bonchev–Trinajstić information content (AvgIpc) is 2.15. The molecule has 0 bridgehead atoms. The standard InChI is InChI=1S/C11H21NO/c1-9(2)11(8-12)7-10-3-5-13-6-4-10/h7,9-10H,3-6,8,12H2,1-2H3. The van der Waals surface area contributed by atoms with Crippen molar-refractivity contribution in [1.82, 2.24) is 0 Å². The van der Waals surface area contributed by atoms with Gasteiger partial charge in [-0.05, 0) is 24.7 Å². The first-order valence-corrected chi connectivity index (χ1v) is 5.22. The summed E-state index contributed by atoms with van der Waals surface area (Å²) in [5.74, 6) is 1.29. The fraction of sp³-hybridized carbons (Fsp3) is 0.818. The van der Waals surface area contributed by atoms with Gasteiger partial charge in [0.05, 0.1) is 0 Å². The summed E-state index contributed by atoms with van der Waals surface area (Å²) in [6.07, 6.45) is 4.69. The summed E-state index contributed by atoms with van der Waals surface area (Å²) >= 11 is 0. The Kier molecular flexibility index (Phi) is 4.46. The van der Waals surface area contributed by atoms with Crippen LogP contribution >= 0.6 is 0 Å². The van der Waals surface area contributed by atoms with Crippen LogP contribution in [-0.2, 0) is 4.74 Å². The molecule has 2 N–H and O–H groups in total. The highest BCUT2D eigenvalue weighted by Crippen LogP contribution is 2.20. The average molecular weight is 183 g/mol. The monoisotopic (exact) mass is 183 g/mol. The highest BCUT2D eigenvalue weighted by Gasteiger charge is 2.12. The minimum atomic E-state index is 0.591. The number of hydrogen-bond donors (Lipinski definition) is 1. The summed E-state index contributed by atoms with van der Waals surface area (Å²) in [7, 11) is 0. The third kappa shape index (κ3) is 3.49. The molecule has 0 amide bonds. The Balaban J connectivity index is 2.49. The minimum absolute atomic E-state index is 0.591. The zero-order valence-electron chi connectivity index (χ0n) is 8.75. The summed E-state index contributed by atoms with van der Waals surface area (Å²) in [4.78, 5) is 0. The SMILES string of the molecule is CC(C)C(=CC1CCOCC1)CN. The number of ether oxygens (including phenoxy) is 1. The van der Waals surface area contributed by atoms with Crippen LogP contribution < -0.4 is 5.73 Å². The van der Waals surface area contributed by atoms with Gasteiger partial charge in [0.25, 0.3) is 0 Å². The Morgan fingerprint density at radius 3 is 2.54 bits per heavy atom. The molecule has 2 heteroatoms. The van der Waals surface area contributed by atoms with E-state index in [2.05, 4.69) is 19.9 Å². The maximum atomic E-state index is 5.69. The molecule has 13 heavy (non-hydrogen) atoms. The molecule has 0 unspecified atom stereocenters. The zero-order valence-corrected chi connectivity index (χ0v) is 8.75. The molecule has 0 atom stereocenters. The molecular weight excluding hydrogens is 162 g/mol. The number of allylic oxidation sites excluding steroid dienone is 1. The van der Waals surface area contributed by atoms with Crippen LogP contribution in [0.3, 0.4) is 0 Å². The van der Waals surface area contributed by atoms with Gasteiger partial charge in [-0.15, -0.1) is 0 Å². The molecule has 0 aromatic carbocycles. The second kappa shape index (κ2) is 5.40. The molecule has 2 nitrogen and oxygen atoms in total. The van der Waals surface area contributed by atoms with E-state index in [1.54, 1.807) is 0 Å². The van der Waals surface area contributed by atoms with Crippen LogP contribution in [0.25, 0.3) is 0 Å².